The quantitative estimate of drug-likeness (QED) is 0.864. The van der Waals surface area contributed by atoms with E-state index >= 15 is 0 Å². The lowest BCUT2D eigenvalue weighted by atomic mass is 10.1. The van der Waals surface area contributed by atoms with Crippen LogP contribution < -0.4 is 5.56 Å². The molecule has 1 amide bonds. The lowest BCUT2D eigenvalue weighted by Gasteiger charge is -2.25. The first-order valence-electron chi connectivity index (χ1n) is 9.37. The van der Waals surface area contributed by atoms with Crippen LogP contribution in [-0.4, -0.2) is 33.4 Å². The third kappa shape index (κ3) is 2.96. The first kappa shape index (κ1) is 16.3. The number of rotatable bonds is 3. The number of fused-ring (bicyclic) bond motifs is 2. The Balaban J connectivity index is 1.72. The molecular weight excluding hydrogens is 314 g/mol. The zero-order valence-corrected chi connectivity index (χ0v) is 15.0. The van der Waals surface area contributed by atoms with Crippen molar-refractivity contribution < 1.29 is 4.79 Å². The van der Waals surface area contributed by atoms with E-state index in [9.17, 15) is 9.59 Å². The van der Waals surface area contributed by atoms with Crippen LogP contribution in [0.15, 0.2) is 23.0 Å². The first-order valence-corrected chi connectivity index (χ1v) is 9.37. The SMILES string of the molecule is CC(C1CC1)N(C)C(=O)c1ccc2c(=O)n3c(nc2c1)CCCCC3. The van der Waals surface area contributed by atoms with Gasteiger partial charge in [-0.05, 0) is 56.7 Å². The van der Waals surface area contributed by atoms with Gasteiger partial charge in [-0.25, -0.2) is 4.98 Å². The molecule has 1 aliphatic heterocycles. The predicted octanol–water partition coefficient (Wildman–Crippen LogP) is 2.99. The van der Waals surface area contributed by atoms with Crippen LogP contribution in [0.25, 0.3) is 10.9 Å². The van der Waals surface area contributed by atoms with Gasteiger partial charge in [0, 0.05) is 31.6 Å². The molecule has 4 rings (SSSR count). The standard InChI is InChI=1S/C20H25N3O2/c1-13(14-7-8-14)22(2)19(24)15-9-10-16-17(12-15)21-18-6-4-3-5-11-23(18)20(16)25/h9-10,12-14H,3-8,11H2,1-2H3. The van der Waals surface area contributed by atoms with Crippen LogP contribution in [0.4, 0.5) is 0 Å². The maximum absolute atomic E-state index is 12.8. The van der Waals surface area contributed by atoms with E-state index in [2.05, 4.69) is 6.92 Å². The summed E-state index contributed by atoms with van der Waals surface area (Å²) in [6, 6.07) is 5.59. The Morgan fingerprint density at radius 1 is 1.28 bits per heavy atom. The third-order valence-electron chi connectivity index (χ3n) is 5.80. The largest absolute Gasteiger partial charge is 0.339 e. The van der Waals surface area contributed by atoms with Gasteiger partial charge in [0.15, 0.2) is 0 Å². The molecule has 132 valence electrons. The Bertz CT molecular complexity index is 882. The summed E-state index contributed by atoms with van der Waals surface area (Å²) in [5.74, 6) is 1.50. The minimum absolute atomic E-state index is 0.0122. The molecule has 1 atom stereocenters. The highest BCUT2D eigenvalue weighted by molar-refractivity contribution is 5.97. The molecule has 1 saturated carbocycles. The van der Waals surface area contributed by atoms with Gasteiger partial charge in [0.05, 0.1) is 10.9 Å². The van der Waals surface area contributed by atoms with Crippen molar-refractivity contribution in [2.75, 3.05) is 7.05 Å². The van der Waals surface area contributed by atoms with Crippen molar-refractivity contribution in [3.8, 4) is 0 Å². The molecule has 1 aromatic carbocycles. The van der Waals surface area contributed by atoms with Crippen LogP contribution in [-0.2, 0) is 13.0 Å². The zero-order valence-electron chi connectivity index (χ0n) is 15.0. The number of hydrogen-bond donors (Lipinski definition) is 0. The third-order valence-corrected chi connectivity index (χ3v) is 5.80. The molecule has 1 fully saturated rings. The molecule has 0 bridgehead atoms. The monoisotopic (exact) mass is 339 g/mol. The molecule has 2 aliphatic rings. The van der Waals surface area contributed by atoms with E-state index in [1.165, 1.54) is 12.8 Å². The number of benzene rings is 1. The summed E-state index contributed by atoms with van der Waals surface area (Å²) >= 11 is 0. The smallest absolute Gasteiger partial charge is 0.261 e. The number of carbonyl (C=O) groups excluding carboxylic acids is 1. The van der Waals surface area contributed by atoms with E-state index < -0.39 is 0 Å². The highest BCUT2D eigenvalue weighted by Crippen LogP contribution is 2.35. The Hall–Kier alpha value is -2.17. The molecule has 0 radical (unpaired) electrons. The summed E-state index contributed by atoms with van der Waals surface area (Å²) in [5.41, 5.74) is 1.30. The molecule has 0 saturated heterocycles. The fraction of sp³-hybridized carbons (Fsp3) is 0.550. The molecule has 2 heterocycles. The van der Waals surface area contributed by atoms with E-state index in [1.807, 2.05) is 16.5 Å². The number of amides is 1. The summed E-state index contributed by atoms with van der Waals surface area (Å²) < 4.78 is 1.82. The van der Waals surface area contributed by atoms with Gasteiger partial charge >= 0.3 is 0 Å². The van der Waals surface area contributed by atoms with E-state index in [1.54, 1.807) is 18.2 Å². The van der Waals surface area contributed by atoms with Crippen LogP contribution in [0.5, 0.6) is 0 Å². The maximum Gasteiger partial charge on any atom is 0.261 e. The van der Waals surface area contributed by atoms with Gasteiger partial charge < -0.3 is 4.90 Å². The molecule has 2 aromatic rings. The second kappa shape index (κ2) is 6.28. The van der Waals surface area contributed by atoms with Crippen LogP contribution in [0, 0.1) is 5.92 Å². The van der Waals surface area contributed by atoms with E-state index in [-0.39, 0.29) is 17.5 Å². The normalized spacial score (nSPS) is 18.5. The highest BCUT2D eigenvalue weighted by atomic mass is 16.2. The number of carbonyl (C=O) groups is 1. The Morgan fingerprint density at radius 2 is 2.08 bits per heavy atom. The Labute approximate surface area is 147 Å². The lowest BCUT2D eigenvalue weighted by Crippen LogP contribution is -2.36. The Kier molecular flexibility index (Phi) is 4.10. The van der Waals surface area contributed by atoms with Crippen LogP contribution in [0.1, 0.15) is 55.2 Å². The van der Waals surface area contributed by atoms with Crippen molar-refractivity contribution in [1.82, 2.24) is 14.5 Å². The number of aryl methyl sites for hydroxylation is 1. The van der Waals surface area contributed by atoms with Gasteiger partial charge in [0.2, 0.25) is 0 Å². The Morgan fingerprint density at radius 3 is 2.84 bits per heavy atom. The van der Waals surface area contributed by atoms with Gasteiger partial charge in [-0.3, -0.25) is 14.2 Å². The summed E-state index contributed by atoms with van der Waals surface area (Å²) in [4.78, 5) is 32.1. The minimum atomic E-state index is 0.0122. The fourth-order valence-corrected chi connectivity index (χ4v) is 3.83. The van der Waals surface area contributed by atoms with Crippen molar-refractivity contribution in [1.29, 1.82) is 0 Å². The zero-order chi connectivity index (χ0) is 17.6. The van der Waals surface area contributed by atoms with Crippen molar-refractivity contribution in [3.05, 3.63) is 39.9 Å². The average molecular weight is 339 g/mol. The number of nitrogens with zero attached hydrogens (tertiary/aromatic N) is 3. The molecular formula is C20H25N3O2. The van der Waals surface area contributed by atoms with E-state index in [4.69, 9.17) is 4.98 Å². The molecule has 0 N–H and O–H groups in total. The average Bonchev–Trinajstić information content (AvgIpc) is 3.46. The van der Waals surface area contributed by atoms with Crippen molar-refractivity contribution in [2.45, 2.75) is 58.0 Å². The second-order valence-corrected chi connectivity index (χ2v) is 7.52. The van der Waals surface area contributed by atoms with Gasteiger partial charge in [0.1, 0.15) is 5.82 Å². The molecule has 25 heavy (non-hydrogen) atoms. The number of aromatic nitrogens is 2. The topological polar surface area (TPSA) is 55.2 Å². The number of hydrogen-bond acceptors (Lipinski definition) is 3. The molecule has 1 aliphatic carbocycles. The molecule has 5 nitrogen and oxygen atoms in total. The second-order valence-electron chi connectivity index (χ2n) is 7.52. The van der Waals surface area contributed by atoms with Gasteiger partial charge in [-0.15, -0.1) is 0 Å². The summed E-state index contributed by atoms with van der Waals surface area (Å²) in [5, 5.41) is 0.611. The summed E-state index contributed by atoms with van der Waals surface area (Å²) in [7, 11) is 1.87. The molecule has 0 spiro atoms. The summed E-state index contributed by atoms with van der Waals surface area (Å²) in [6.45, 7) is 2.86. The minimum Gasteiger partial charge on any atom is -0.339 e. The summed E-state index contributed by atoms with van der Waals surface area (Å²) in [6.07, 6.45) is 6.48. The molecule has 1 unspecified atom stereocenters. The van der Waals surface area contributed by atoms with Crippen molar-refractivity contribution in [2.24, 2.45) is 5.92 Å². The van der Waals surface area contributed by atoms with Crippen LogP contribution in [0.2, 0.25) is 0 Å². The highest BCUT2D eigenvalue weighted by Gasteiger charge is 2.32. The van der Waals surface area contributed by atoms with Crippen LogP contribution >= 0.6 is 0 Å². The molecule has 1 aromatic heterocycles. The fourth-order valence-electron chi connectivity index (χ4n) is 3.83. The van der Waals surface area contributed by atoms with Crippen LogP contribution in [0.3, 0.4) is 0 Å². The van der Waals surface area contributed by atoms with Gasteiger partial charge in [-0.2, -0.15) is 0 Å². The van der Waals surface area contributed by atoms with Gasteiger partial charge in [0.25, 0.3) is 11.5 Å². The maximum atomic E-state index is 12.8. The van der Waals surface area contributed by atoms with Crippen molar-refractivity contribution in [3.63, 3.8) is 0 Å². The van der Waals surface area contributed by atoms with Gasteiger partial charge in [-0.1, -0.05) is 6.42 Å². The van der Waals surface area contributed by atoms with Crippen molar-refractivity contribution >= 4 is 16.8 Å². The first-order chi connectivity index (χ1) is 12.1. The molecule has 5 heteroatoms. The predicted molar refractivity (Wildman–Crippen MR) is 97.8 cm³/mol. The van der Waals surface area contributed by atoms with E-state index in [0.717, 1.165) is 38.1 Å². The van der Waals surface area contributed by atoms with E-state index in [0.29, 0.717) is 22.4 Å². The lowest BCUT2D eigenvalue weighted by molar-refractivity contribution is 0.0727.